The lowest BCUT2D eigenvalue weighted by Crippen LogP contribution is -2.45. The second-order valence-corrected chi connectivity index (χ2v) is 7.85. The Morgan fingerprint density at radius 3 is 2.57 bits per heavy atom. The predicted octanol–water partition coefficient (Wildman–Crippen LogP) is 4.98. The van der Waals surface area contributed by atoms with Gasteiger partial charge in [0.25, 0.3) is 0 Å². The average molecular weight is 399 g/mol. The molecule has 152 valence electrons. The maximum atomic E-state index is 5.84. The summed E-state index contributed by atoms with van der Waals surface area (Å²) in [6, 6.07) is 18.6. The van der Waals surface area contributed by atoms with Crippen molar-refractivity contribution in [2.45, 2.75) is 26.1 Å². The Morgan fingerprint density at radius 2 is 1.77 bits per heavy atom. The Morgan fingerprint density at radius 1 is 1.00 bits per heavy atom. The molecule has 5 rings (SSSR count). The molecule has 2 atom stereocenters. The summed E-state index contributed by atoms with van der Waals surface area (Å²) in [7, 11) is 0. The number of rotatable bonds is 4. The standard InChI is InChI=1S/C24H25N5O/c1-16-14-29(15-17(2)30-16)19-9-7-18(8-10-19)27-24-25-12-11-23(28-24)21-13-26-22-6-4-3-5-20(21)22/h3-13,16-17,26H,14-15H2,1-2H3,(H,25,27,28)/t16-,17-/m0/s1. The first-order valence-corrected chi connectivity index (χ1v) is 10.3. The lowest BCUT2D eigenvalue weighted by Gasteiger charge is -2.36. The largest absolute Gasteiger partial charge is 0.372 e. The van der Waals surface area contributed by atoms with Crippen LogP contribution in [0.5, 0.6) is 0 Å². The molecule has 3 heterocycles. The average Bonchev–Trinajstić information content (AvgIpc) is 3.18. The van der Waals surface area contributed by atoms with E-state index in [2.05, 4.69) is 70.4 Å². The van der Waals surface area contributed by atoms with E-state index in [9.17, 15) is 0 Å². The van der Waals surface area contributed by atoms with Crippen molar-refractivity contribution >= 4 is 28.2 Å². The first-order valence-electron chi connectivity index (χ1n) is 10.3. The van der Waals surface area contributed by atoms with E-state index >= 15 is 0 Å². The van der Waals surface area contributed by atoms with Gasteiger partial charge in [0.2, 0.25) is 5.95 Å². The van der Waals surface area contributed by atoms with Gasteiger partial charge >= 0.3 is 0 Å². The van der Waals surface area contributed by atoms with Gasteiger partial charge in [-0.05, 0) is 50.2 Å². The smallest absolute Gasteiger partial charge is 0.227 e. The molecule has 0 unspecified atom stereocenters. The normalized spacial score (nSPS) is 19.2. The molecule has 4 aromatic rings. The molecule has 1 aliphatic rings. The number of fused-ring (bicyclic) bond motifs is 1. The molecule has 1 aliphatic heterocycles. The fraction of sp³-hybridized carbons (Fsp3) is 0.250. The van der Waals surface area contributed by atoms with Gasteiger partial charge in [0.05, 0.1) is 17.9 Å². The zero-order chi connectivity index (χ0) is 20.5. The summed E-state index contributed by atoms with van der Waals surface area (Å²) in [5.41, 5.74) is 5.22. The van der Waals surface area contributed by atoms with Crippen LogP contribution >= 0.6 is 0 Å². The van der Waals surface area contributed by atoms with Crippen LogP contribution in [-0.2, 0) is 4.74 Å². The molecule has 6 nitrogen and oxygen atoms in total. The number of nitrogens with zero attached hydrogens (tertiary/aromatic N) is 3. The van der Waals surface area contributed by atoms with Gasteiger partial charge in [0.15, 0.2) is 0 Å². The topological polar surface area (TPSA) is 66.1 Å². The number of H-pyrrole nitrogens is 1. The Hall–Kier alpha value is -3.38. The molecule has 30 heavy (non-hydrogen) atoms. The van der Waals surface area contributed by atoms with Crippen molar-refractivity contribution in [3.05, 3.63) is 67.0 Å². The molecular formula is C24H25N5O. The zero-order valence-corrected chi connectivity index (χ0v) is 17.2. The molecule has 0 bridgehead atoms. The van der Waals surface area contributed by atoms with E-state index in [1.54, 1.807) is 6.20 Å². The minimum Gasteiger partial charge on any atom is -0.372 e. The second kappa shape index (κ2) is 7.80. The van der Waals surface area contributed by atoms with Crippen LogP contribution in [0.3, 0.4) is 0 Å². The Bertz CT molecular complexity index is 1140. The number of aromatic nitrogens is 3. The molecule has 0 saturated carbocycles. The van der Waals surface area contributed by atoms with Crippen LogP contribution < -0.4 is 10.2 Å². The number of aromatic amines is 1. The first-order chi connectivity index (χ1) is 14.7. The second-order valence-electron chi connectivity index (χ2n) is 7.85. The Labute approximate surface area is 175 Å². The van der Waals surface area contributed by atoms with Gasteiger partial charge in [-0.3, -0.25) is 0 Å². The highest BCUT2D eigenvalue weighted by Crippen LogP contribution is 2.28. The van der Waals surface area contributed by atoms with Crippen LogP contribution in [0.25, 0.3) is 22.2 Å². The van der Waals surface area contributed by atoms with Crippen LogP contribution in [0.4, 0.5) is 17.3 Å². The fourth-order valence-corrected chi connectivity index (χ4v) is 4.13. The summed E-state index contributed by atoms with van der Waals surface area (Å²) < 4.78 is 5.84. The van der Waals surface area contributed by atoms with Crippen molar-refractivity contribution in [3.8, 4) is 11.3 Å². The third-order valence-electron chi connectivity index (χ3n) is 5.43. The minimum atomic E-state index is 0.243. The number of hydrogen-bond donors (Lipinski definition) is 2. The van der Waals surface area contributed by atoms with E-state index in [0.717, 1.165) is 40.9 Å². The lowest BCUT2D eigenvalue weighted by atomic mass is 10.1. The molecule has 2 aromatic heterocycles. The van der Waals surface area contributed by atoms with E-state index < -0.39 is 0 Å². The minimum absolute atomic E-state index is 0.243. The first kappa shape index (κ1) is 18.6. The van der Waals surface area contributed by atoms with Gasteiger partial charge in [0.1, 0.15) is 0 Å². The zero-order valence-electron chi connectivity index (χ0n) is 17.2. The summed E-state index contributed by atoms with van der Waals surface area (Å²) in [5, 5.41) is 4.48. The summed E-state index contributed by atoms with van der Waals surface area (Å²) in [5.74, 6) is 0.583. The summed E-state index contributed by atoms with van der Waals surface area (Å²) >= 11 is 0. The number of benzene rings is 2. The highest BCUT2D eigenvalue weighted by molar-refractivity contribution is 5.94. The summed E-state index contributed by atoms with van der Waals surface area (Å²) in [6.07, 6.45) is 4.27. The van der Waals surface area contributed by atoms with Crippen LogP contribution in [-0.4, -0.2) is 40.2 Å². The highest BCUT2D eigenvalue weighted by atomic mass is 16.5. The van der Waals surface area contributed by atoms with Crippen LogP contribution in [0, 0.1) is 0 Å². The molecule has 1 fully saturated rings. The van der Waals surface area contributed by atoms with Crippen molar-refractivity contribution < 1.29 is 4.74 Å². The van der Waals surface area contributed by atoms with E-state index in [0.29, 0.717) is 5.95 Å². The number of nitrogens with one attached hydrogen (secondary N) is 2. The molecule has 0 radical (unpaired) electrons. The Kier molecular flexibility index (Phi) is 4.85. The van der Waals surface area contributed by atoms with Crippen molar-refractivity contribution in [2.24, 2.45) is 0 Å². The van der Waals surface area contributed by atoms with E-state index in [-0.39, 0.29) is 12.2 Å². The maximum absolute atomic E-state index is 5.84. The number of ether oxygens (including phenoxy) is 1. The summed E-state index contributed by atoms with van der Waals surface area (Å²) in [4.78, 5) is 14.8. The number of para-hydroxylation sites is 1. The molecule has 0 amide bonds. The SMILES string of the molecule is C[C@H]1CN(c2ccc(Nc3nccc(-c4c[nH]c5ccccc45)n3)cc2)C[C@H](C)O1. The van der Waals surface area contributed by atoms with Crippen LogP contribution in [0.15, 0.2) is 67.0 Å². The number of hydrogen-bond acceptors (Lipinski definition) is 5. The molecule has 2 aromatic carbocycles. The summed E-state index contributed by atoms with van der Waals surface area (Å²) in [6.45, 7) is 6.06. The monoisotopic (exact) mass is 399 g/mol. The third-order valence-corrected chi connectivity index (χ3v) is 5.43. The van der Waals surface area contributed by atoms with Crippen molar-refractivity contribution in [3.63, 3.8) is 0 Å². The van der Waals surface area contributed by atoms with Crippen molar-refractivity contribution in [1.82, 2.24) is 15.0 Å². The molecule has 1 saturated heterocycles. The number of anilines is 3. The lowest BCUT2D eigenvalue weighted by molar-refractivity contribution is -0.00521. The van der Waals surface area contributed by atoms with Crippen molar-refractivity contribution in [1.29, 1.82) is 0 Å². The van der Waals surface area contributed by atoms with Gasteiger partial charge in [-0.2, -0.15) is 0 Å². The Balaban J connectivity index is 1.34. The van der Waals surface area contributed by atoms with E-state index in [1.165, 1.54) is 5.69 Å². The maximum Gasteiger partial charge on any atom is 0.227 e. The van der Waals surface area contributed by atoms with Gasteiger partial charge < -0.3 is 19.9 Å². The van der Waals surface area contributed by atoms with E-state index in [1.807, 2.05) is 24.4 Å². The highest BCUT2D eigenvalue weighted by Gasteiger charge is 2.22. The van der Waals surface area contributed by atoms with Gasteiger partial charge in [-0.25, -0.2) is 9.97 Å². The molecule has 0 spiro atoms. The van der Waals surface area contributed by atoms with Gasteiger partial charge in [-0.15, -0.1) is 0 Å². The molecule has 2 N–H and O–H groups in total. The molecule has 6 heteroatoms. The fourth-order valence-electron chi connectivity index (χ4n) is 4.13. The predicted molar refractivity (Wildman–Crippen MR) is 121 cm³/mol. The molecular weight excluding hydrogens is 374 g/mol. The van der Waals surface area contributed by atoms with Crippen molar-refractivity contribution in [2.75, 3.05) is 23.3 Å². The third kappa shape index (κ3) is 3.74. The van der Waals surface area contributed by atoms with Crippen LogP contribution in [0.2, 0.25) is 0 Å². The number of morpholine rings is 1. The molecule has 0 aliphatic carbocycles. The van der Waals surface area contributed by atoms with Gasteiger partial charge in [0, 0.05) is 53.3 Å². The quantitative estimate of drug-likeness (QED) is 0.506. The van der Waals surface area contributed by atoms with Crippen LogP contribution in [0.1, 0.15) is 13.8 Å². The van der Waals surface area contributed by atoms with E-state index in [4.69, 9.17) is 9.72 Å². The van der Waals surface area contributed by atoms with Gasteiger partial charge in [-0.1, -0.05) is 18.2 Å².